The van der Waals surface area contributed by atoms with Gasteiger partial charge in [0.2, 0.25) is 0 Å². The molecule has 1 N–H and O–H groups in total. The molecular formula is C21H22N2O4. The normalized spacial score (nSPS) is 11.3. The van der Waals surface area contributed by atoms with Crippen molar-refractivity contribution in [2.75, 3.05) is 6.54 Å². The van der Waals surface area contributed by atoms with Gasteiger partial charge in [-0.3, -0.25) is 9.59 Å². The molecule has 2 aromatic rings. The fourth-order valence-electron chi connectivity index (χ4n) is 2.65. The summed E-state index contributed by atoms with van der Waals surface area (Å²) >= 11 is 0. The van der Waals surface area contributed by atoms with Gasteiger partial charge in [-0.25, -0.2) is 0 Å². The van der Waals surface area contributed by atoms with Crippen LogP contribution in [0.4, 0.5) is 0 Å². The van der Waals surface area contributed by atoms with Crippen molar-refractivity contribution in [3.05, 3.63) is 65.7 Å². The van der Waals surface area contributed by atoms with E-state index in [0.29, 0.717) is 30.8 Å². The van der Waals surface area contributed by atoms with Crippen molar-refractivity contribution in [3.8, 4) is 11.8 Å². The smallest absolute Gasteiger partial charge is 0.303 e. The highest BCUT2D eigenvalue weighted by atomic mass is 16.5. The number of para-hydroxylation sites is 1. The van der Waals surface area contributed by atoms with Gasteiger partial charge >= 0.3 is 5.97 Å². The van der Waals surface area contributed by atoms with E-state index in [2.05, 4.69) is 0 Å². The van der Waals surface area contributed by atoms with Crippen LogP contribution >= 0.6 is 0 Å². The van der Waals surface area contributed by atoms with Gasteiger partial charge in [-0.05, 0) is 31.0 Å². The molecule has 0 bridgehead atoms. The average molecular weight is 366 g/mol. The second-order valence-corrected chi connectivity index (χ2v) is 6.11. The molecule has 6 nitrogen and oxygen atoms in total. The Morgan fingerprint density at radius 1 is 1.15 bits per heavy atom. The lowest BCUT2D eigenvalue weighted by atomic mass is 10.1. The number of carboxylic acids is 1. The van der Waals surface area contributed by atoms with Gasteiger partial charge in [0.15, 0.2) is 6.10 Å². The molecule has 27 heavy (non-hydrogen) atoms. The number of carbonyl (C=O) groups excluding carboxylic acids is 1. The van der Waals surface area contributed by atoms with Crippen LogP contribution < -0.4 is 4.74 Å². The summed E-state index contributed by atoms with van der Waals surface area (Å²) in [7, 11) is 0. The number of aliphatic carboxylic acids is 1. The van der Waals surface area contributed by atoms with Crippen molar-refractivity contribution in [1.82, 2.24) is 4.90 Å². The van der Waals surface area contributed by atoms with Crippen LogP contribution in [-0.2, 0) is 16.1 Å². The number of carbonyl (C=O) groups is 2. The van der Waals surface area contributed by atoms with E-state index in [1.807, 2.05) is 36.4 Å². The Hall–Kier alpha value is -3.33. The molecule has 6 heteroatoms. The minimum atomic E-state index is -0.894. The fraction of sp³-hybridized carbons (Fsp3) is 0.286. The quantitative estimate of drug-likeness (QED) is 0.736. The molecule has 0 aliphatic carbocycles. The van der Waals surface area contributed by atoms with Crippen LogP contribution in [0.2, 0.25) is 0 Å². The van der Waals surface area contributed by atoms with Gasteiger partial charge in [0.1, 0.15) is 11.8 Å². The van der Waals surface area contributed by atoms with E-state index in [1.165, 1.54) is 0 Å². The molecule has 1 amide bonds. The van der Waals surface area contributed by atoms with Gasteiger partial charge in [0.25, 0.3) is 5.91 Å². The van der Waals surface area contributed by atoms with E-state index in [-0.39, 0.29) is 12.3 Å². The van der Waals surface area contributed by atoms with Crippen molar-refractivity contribution in [2.45, 2.75) is 32.4 Å². The van der Waals surface area contributed by atoms with E-state index in [1.54, 1.807) is 36.1 Å². The molecule has 0 aliphatic heterocycles. The number of benzene rings is 2. The lowest BCUT2D eigenvalue weighted by Gasteiger charge is -2.26. The Labute approximate surface area is 158 Å². The zero-order valence-electron chi connectivity index (χ0n) is 15.2. The second kappa shape index (κ2) is 9.97. The minimum Gasteiger partial charge on any atom is -0.481 e. The fourth-order valence-corrected chi connectivity index (χ4v) is 2.65. The first kappa shape index (κ1) is 20.0. The first-order valence-corrected chi connectivity index (χ1v) is 8.71. The third-order valence-corrected chi connectivity index (χ3v) is 4.01. The molecule has 0 saturated carbocycles. The summed E-state index contributed by atoms with van der Waals surface area (Å²) < 4.78 is 5.71. The lowest BCUT2D eigenvalue weighted by molar-refractivity contribution is -0.140. The van der Waals surface area contributed by atoms with Gasteiger partial charge in [0.05, 0.1) is 5.56 Å². The van der Waals surface area contributed by atoms with Crippen LogP contribution in [0.25, 0.3) is 0 Å². The Balaban J connectivity index is 2.10. The van der Waals surface area contributed by atoms with Crippen molar-refractivity contribution in [1.29, 1.82) is 5.26 Å². The van der Waals surface area contributed by atoms with Gasteiger partial charge in [0, 0.05) is 19.5 Å². The summed E-state index contributed by atoms with van der Waals surface area (Å²) in [6, 6.07) is 18.3. The summed E-state index contributed by atoms with van der Waals surface area (Å²) in [4.78, 5) is 25.3. The first-order valence-electron chi connectivity index (χ1n) is 8.71. The number of rotatable bonds is 9. The topological polar surface area (TPSA) is 90.6 Å². The Kier molecular flexibility index (Phi) is 7.38. The zero-order chi connectivity index (χ0) is 19.6. The summed E-state index contributed by atoms with van der Waals surface area (Å²) in [5.74, 6) is -0.794. The number of nitriles is 1. The van der Waals surface area contributed by atoms with Crippen LogP contribution in [-0.4, -0.2) is 34.5 Å². The third-order valence-electron chi connectivity index (χ3n) is 4.01. The summed E-state index contributed by atoms with van der Waals surface area (Å²) in [6.07, 6.45) is -0.450. The summed E-state index contributed by atoms with van der Waals surface area (Å²) in [5.41, 5.74) is 1.31. The minimum absolute atomic E-state index is 0.00886. The predicted octanol–water partition coefficient (Wildman–Crippen LogP) is 3.22. The molecule has 2 aromatic carbocycles. The van der Waals surface area contributed by atoms with Gasteiger partial charge in [-0.2, -0.15) is 5.26 Å². The molecule has 2 rings (SSSR count). The monoisotopic (exact) mass is 366 g/mol. The van der Waals surface area contributed by atoms with Gasteiger partial charge in [-0.1, -0.05) is 42.5 Å². The van der Waals surface area contributed by atoms with Crippen molar-refractivity contribution < 1.29 is 19.4 Å². The van der Waals surface area contributed by atoms with E-state index >= 15 is 0 Å². The number of amides is 1. The van der Waals surface area contributed by atoms with Crippen molar-refractivity contribution in [3.63, 3.8) is 0 Å². The maximum Gasteiger partial charge on any atom is 0.303 e. The maximum atomic E-state index is 12.9. The Morgan fingerprint density at radius 2 is 1.81 bits per heavy atom. The van der Waals surface area contributed by atoms with E-state index in [4.69, 9.17) is 15.1 Å². The molecular weight excluding hydrogens is 344 g/mol. The highest BCUT2D eigenvalue weighted by Gasteiger charge is 2.23. The van der Waals surface area contributed by atoms with Crippen LogP contribution in [0.1, 0.15) is 30.9 Å². The van der Waals surface area contributed by atoms with Crippen LogP contribution in [0.3, 0.4) is 0 Å². The van der Waals surface area contributed by atoms with Crippen LogP contribution in [0.5, 0.6) is 5.75 Å². The maximum absolute atomic E-state index is 12.9. The van der Waals surface area contributed by atoms with Gasteiger partial charge in [-0.15, -0.1) is 0 Å². The lowest BCUT2D eigenvalue weighted by Crippen LogP contribution is -2.40. The Morgan fingerprint density at radius 3 is 2.48 bits per heavy atom. The summed E-state index contributed by atoms with van der Waals surface area (Å²) in [5, 5.41) is 18.0. The molecule has 0 spiro atoms. The largest absolute Gasteiger partial charge is 0.481 e. The third kappa shape index (κ3) is 6.15. The summed E-state index contributed by atoms with van der Waals surface area (Å²) in [6.45, 7) is 2.31. The molecule has 0 heterocycles. The molecule has 0 fully saturated rings. The number of carboxylic acid groups (broad SMARTS) is 1. The zero-order valence-corrected chi connectivity index (χ0v) is 15.2. The van der Waals surface area contributed by atoms with E-state index < -0.39 is 12.1 Å². The highest BCUT2D eigenvalue weighted by molar-refractivity contribution is 5.81. The number of ether oxygens (including phenoxy) is 1. The van der Waals surface area contributed by atoms with Gasteiger partial charge < -0.3 is 14.7 Å². The number of hydrogen-bond acceptors (Lipinski definition) is 4. The predicted molar refractivity (Wildman–Crippen MR) is 100.0 cm³/mol. The number of hydrogen-bond donors (Lipinski definition) is 1. The SMILES string of the molecule is CC(Oc1ccccc1C#N)C(=O)N(CCCC(=O)O)Cc1ccccc1. The highest BCUT2D eigenvalue weighted by Crippen LogP contribution is 2.19. The molecule has 0 aromatic heterocycles. The van der Waals surface area contributed by atoms with E-state index in [0.717, 1.165) is 5.56 Å². The second-order valence-electron chi connectivity index (χ2n) is 6.11. The average Bonchev–Trinajstić information content (AvgIpc) is 2.67. The number of nitrogens with zero attached hydrogens (tertiary/aromatic N) is 2. The van der Waals surface area contributed by atoms with E-state index in [9.17, 15) is 9.59 Å². The Bertz CT molecular complexity index is 814. The van der Waals surface area contributed by atoms with Crippen LogP contribution in [0, 0.1) is 11.3 Å². The molecule has 1 unspecified atom stereocenters. The molecule has 140 valence electrons. The molecule has 0 radical (unpaired) electrons. The standard InChI is InChI=1S/C21H22N2O4/c1-16(27-19-11-6-5-10-18(19)14-22)21(26)23(13-7-12-20(24)25)15-17-8-3-2-4-9-17/h2-6,8-11,16H,7,12-13,15H2,1H3,(H,24,25). The van der Waals surface area contributed by atoms with Crippen molar-refractivity contribution in [2.24, 2.45) is 0 Å². The van der Waals surface area contributed by atoms with Crippen LogP contribution in [0.15, 0.2) is 54.6 Å². The first-order chi connectivity index (χ1) is 13.0. The molecule has 0 aliphatic rings. The molecule has 0 saturated heterocycles. The molecule has 1 atom stereocenters. The van der Waals surface area contributed by atoms with Crippen molar-refractivity contribution >= 4 is 11.9 Å².